The summed E-state index contributed by atoms with van der Waals surface area (Å²) in [4.78, 5) is 12.0. The summed E-state index contributed by atoms with van der Waals surface area (Å²) < 4.78 is 38.8. The Bertz CT molecular complexity index is 371. The zero-order chi connectivity index (χ0) is 15.3. The van der Waals surface area contributed by atoms with Crippen molar-refractivity contribution in [3.05, 3.63) is 0 Å². The van der Waals surface area contributed by atoms with Crippen LogP contribution in [0.15, 0.2) is 5.16 Å². The highest BCUT2D eigenvalue weighted by Crippen LogP contribution is 2.41. The average Bonchev–Trinajstić information content (AvgIpc) is 2.42. The molecule has 0 spiro atoms. The van der Waals surface area contributed by atoms with E-state index in [9.17, 15) is 18.0 Å². The highest BCUT2D eigenvalue weighted by Gasteiger charge is 2.48. The Kier molecular flexibility index (Phi) is 5.64. The predicted octanol–water partition coefficient (Wildman–Crippen LogP) is 2.00. The topological polar surface area (TPSA) is 87.7 Å². The molecule has 0 bridgehead atoms. The second kappa shape index (κ2) is 6.81. The first-order valence-corrected chi connectivity index (χ1v) is 6.65. The molecule has 1 rings (SSSR count). The van der Waals surface area contributed by atoms with E-state index < -0.39 is 30.0 Å². The van der Waals surface area contributed by atoms with E-state index in [1.165, 1.54) is 0 Å². The van der Waals surface area contributed by atoms with Crippen molar-refractivity contribution in [3.8, 4) is 0 Å². The SMILES string of the molecule is CCC(NC(=O)C1CCCCC1C(F)(F)F)C(N)=NO. The van der Waals surface area contributed by atoms with Crippen LogP contribution in [0, 0.1) is 11.8 Å². The van der Waals surface area contributed by atoms with Crippen LogP contribution in [-0.4, -0.2) is 29.2 Å². The van der Waals surface area contributed by atoms with Crippen molar-refractivity contribution in [1.29, 1.82) is 0 Å². The van der Waals surface area contributed by atoms with E-state index in [2.05, 4.69) is 10.5 Å². The highest BCUT2D eigenvalue weighted by molar-refractivity contribution is 5.90. The summed E-state index contributed by atoms with van der Waals surface area (Å²) >= 11 is 0. The minimum absolute atomic E-state index is 0.0258. The summed E-state index contributed by atoms with van der Waals surface area (Å²) in [6.45, 7) is 1.69. The second-order valence-corrected chi connectivity index (χ2v) is 5.03. The summed E-state index contributed by atoms with van der Waals surface area (Å²) in [6.07, 6.45) is -2.77. The van der Waals surface area contributed by atoms with Gasteiger partial charge < -0.3 is 16.3 Å². The van der Waals surface area contributed by atoms with Crippen molar-refractivity contribution in [2.75, 3.05) is 0 Å². The lowest BCUT2D eigenvalue weighted by molar-refractivity contribution is -0.198. The molecule has 1 amide bonds. The predicted molar refractivity (Wildman–Crippen MR) is 67.1 cm³/mol. The summed E-state index contributed by atoms with van der Waals surface area (Å²) in [7, 11) is 0. The fourth-order valence-electron chi connectivity index (χ4n) is 2.57. The Balaban J connectivity index is 2.78. The molecule has 0 aromatic rings. The van der Waals surface area contributed by atoms with E-state index in [-0.39, 0.29) is 18.7 Å². The molecule has 0 aromatic heterocycles. The van der Waals surface area contributed by atoms with Crippen molar-refractivity contribution in [1.82, 2.24) is 5.32 Å². The molecule has 1 saturated carbocycles. The maximum absolute atomic E-state index is 12.9. The van der Waals surface area contributed by atoms with E-state index >= 15 is 0 Å². The van der Waals surface area contributed by atoms with Crippen LogP contribution >= 0.6 is 0 Å². The van der Waals surface area contributed by atoms with Crippen molar-refractivity contribution in [2.45, 2.75) is 51.2 Å². The number of alkyl halides is 3. The van der Waals surface area contributed by atoms with Gasteiger partial charge in [-0.1, -0.05) is 24.9 Å². The second-order valence-electron chi connectivity index (χ2n) is 5.03. The van der Waals surface area contributed by atoms with Gasteiger partial charge in [0.05, 0.1) is 12.0 Å². The molecular formula is C12H20F3N3O2. The van der Waals surface area contributed by atoms with Crippen LogP contribution in [0.5, 0.6) is 0 Å². The molecular weight excluding hydrogens is 275 g/mol. The van der Waals surface area contributed by atoms with Crippen molar-refractivity contribution >= 4 is 11.7 Å². The van der Waals surface area contributed by atoms with Gasteiger partial charge in [0.2, 0.25) is 5.91 Å². The van der Waals surface area contributed by atoms with Gasteiger partial charge in [0, 0.05) is 5.92 Å². The van der Waals surface area contributed by atoms with Crippen molar-refractivity contribution in [2.24, 2.45) is 22.7 Å². The molecule has 3 unspecified atom stereocenters. The molecule has 1 fully saturated rings. The fraction of sp³-hybridized carbons (Fsp3) is 0.833. The van der Waals surface area contributed by atoms with Gasteiger partial charge in [0.15, 0.2) is 5.84 Å². The van der Waals surface area contributed by atoms with Crippen molar-refractivity contribution < 1.29 is 23.2 Å². The van der Waals surface area contributed by atoms with Gasteiger partial charge in [-0.25, -0.2) is 0 Å². The van der Waals surface area contributed by atoms with Crippen LogP contribution in [-0.2, 0) is 4.79 Å². The fourth-order valence-corrected chi connectivity index (χ4v) is 2.57. The largest absolute Gasteiger partial charge is 0.409 e. The highest BCUT2D eigenvalue weighted by atomic mass is 19.4. The van der Waals surface area contributed by atoms with Gasteiger partial charge >= 0.3 is 6.18 Å². The molecule has 20 heavy (non-hydrogen) atoms. The van der Waals surface area contributed by atoms with Gasteiger partial charge in [0.25, 0.3) is 0 Å². The minimum atomic E-state index is -4.37. The van der Waals surface area contributed by atoms with Crippen LogP contribution < -0.4 is 11.1 Å². The van der Waals surface area contributed by atoms with Gasteiger partial charge in [-0.05, 0) is 19.3 Å². The third-order valence-electron chi connectivity index (χ3n) is 3.72. The van der Waals surface area contributed by atoms with Gasteiger partial charge in [-0.3, -0.25) is 4.79 Å². The van der Waals surface area contributed by atoms with E-state index in [1.807, 2.05) is 0 Å². The lowest BCUT2D eigenvalue weighted by Crippen LogP contribution is -2.49. The smallest absolute Gasteiger partial charge is 0.392 e. The summed E-state index contributed by atoms with van der Waals surface area (Å²) in [6, 6.07) is -0.747. The molecule has 0 heterocycles. The number of oxime groups is 1. The van der Waals surface area contributed by atoms with E-state index in [4.69, 9.17) is 10.9 Å². The zero-order valence-electron chi connectivity index (χ0n) is 11.3. The maximum atomic E-state index is 12.9. The molecule has 0 radical (unpaired) electrons. The van der Waals surface area contributed by atoms with Crippen LogP contribution in [0.2, 0.25) is 0 Å². The Labute approximate surface area is 115 Å². The molecule has 0 saturated heterocycles. The minimum Gasteiger partial charge on any atom is -0.409 e. The molecule has 116 valence electrons. The number of carbonyl (C=O) groups excluding carboxylic acids is 1. The first kappa shape index (κ1) is 16.6. The molecule has 8 heteroatoms. The third kappa shape index (κ3) is 4.01. The van der Waals surface area contributed by atoms with Crippen LogP contribution in [0.25, 0.3) is 0 Å². The number of nitrogens with zero attached hydrogens (tertiary/aromatic N) is 1. The molecule has 3 atom stereocenters. The standard InChI is InChI=1S/C12H20F3N3O2/c1-2-9(10(16)18-20)17-11(19)7-5-3-4-6-8(7)12(13,14)15/h7-9,20H,2-6H2,1H3,(H2,16,18)(H,17,19). The normalized spacial score (nSPS) is 26.1. The van der Waals surface area contributed by atoms with Crippen molar-refractivity contribution in [3.63, 3.8) is 0 Å². The number of nitrogens with two attached hydrogens (primary N) is 1. The summed E-state index contributed by atoms with van der Waals surface area (Å²) in [5.74, 6) is -3.59. The molecule has 0 aliphatic heterocycles. The number of amides is 1. The lowest BCUT2D eigenvalue weighted by atomic mass is 9.78. The summed E-state index contributed by atoms with van der Waals surface area (Å²) in [5, 5.41) is 13.8. The number of carbonyl (C=O) groups is 1. The molecule has 5 nitrogen and oxygen atoms in total. The number of amidine groups is 1. The summed E-state index contributed by atoms with van der Waals surface area (Å²) in [5.41, 5.74) is 5.39. The first-order chi connectivity index (χ1) is 9.31. The number of hydrogen-bond donors (Lipinski definition) is 3. The number of halogens is 3. The quantitative estimate of drug-likeness (QED) is 0.321. The first-order valence-electron chi connectivity index (χ1n) is 6.65. The molecule has 1 aliphatic rings. The van der Waals surface area contributed by atoms with Crippen LogP contribution in [0.4, 0.5) is 13.2 Å². The van der Waals surface area contributed by atoms with Crippen LogP contribution in [0.1, 0.15) is 39.0 Å². The number of hydrogen-bond acceptors (Lipinski definition) is 3. The Morgan fingerprint density at radius 2 is 2.05 bits per heavy atom. The van der Waals surface area contributed by atoms with E-state index in [0.29, 0.717) is 19.3 Å². The Morgan fingerprint density at radius 3 is 2.55 bits per heavy atom. The van der Waals surface area contributed by atoms with E-state index in [0.717, 1.165) is 0 Å². The number of rotatable bonds is 4. The van der Waals surface area contributed by atoms with Gasteiger partial charge in [-0.2, -0.15) is 13.2 Å². The van der Waals surface area contributed by atoms with Crippen LogP contribution in [0.3, 0.4) is 0 Å². The maximum Gasteiger partial charge on any atom is 0.392 e. The Morgan fingerprint density at radius 1 is 1.45 bits per heavy atom. The van der Waals surface area contributed by atoms with Gasteiger partial charge in [-0.15, -0.1) is 0 Å². The third-order valence-corrected chi connectivity index (χ3v) is 3.72. The monoisotopic (exact) mass is 295 g/mol. The molecule has 0 aromatic carbocycles. The lowest BCUT2D eigenvalue weighted by Gasteiger charge is -2.32. The number of nitrogens with one attached hydrogen (secondary N) is 1. The zero-order valence-corrected chi connectivity index (χ0v) is 11.3. The molecule has 4 N–H and O–H groups in total. The van der Waals surface area contributed by atoms with Gasteiger partial charge in [0.1, 0.15) is 0 Å². The Hall–Kier alpha value is -1.47. The average molecular weight is 295 g/mol. The van der Waals surface area contributed by atoms with E-state index in [1.54, 1.807) is 6.92 Å². The molecule has 1 aliphatic carbocycles.